The summed E-state index contributed by atoms with van der Waals surface area (Å²) in [6, 6.07) is 5.35. The van der Waals surface area contributed by atoms with Gasteiger partial charge in [0.1, 0.15) is 6.61 Å². The van der Waals surface area contributed by atoms with Gasteiger partial charge < -0.3 is 9.72 Å². The molecule has 0 saturated carbocycles. The lowest BCUT2D eigenvalue weighted by Crippen LogP contribution is -2.06. The van der Waals surface area contributed by atoms with Gasteiger partial charge in [-0.15, -0.1) is 0 Å². The maximum atomic E-state index is 11.5. The molecule has 72 valence electrons. The molecule has 0 amide bonds. The number of hydrogen-bond acceptors (Lipinski definition) is 3. The Morgan fingerprint density at radius 3 is 3.21 bits per heavy atom. The van der Waals surface area contributed by atoms with Gasteiger partial charge in [-0.3, -0.25) is 4.79 Å². The van der Waals surface area contributed by atoms with Crippen LogP contribution in [0.4, 0.5) is 0 Å². The molecule has 0 saturated heterocycles. The molecule has 1 N–H and O–H groups in total. The van der Waals surface area contributed by atoms with Gasteiger partial charge in [-0.25, -0.2) is 4.98 Å². The van der Waals surface area contributed by atoms with Crippen LogP contribution < -0.4 is 0 Å². The fraction of sp³-hybridized carbons (Fsp3) is 0.200. The van der Waals surface area contributed by atoms with E-state index in [0.29, 0.717) is 5.56 Å². The molecule has 0 bridgehead atoms. The molecular formula is C10H10N2O2. The van der Waals surface area contributed by atoms with Crippen LogP contribution in [0.5, 0.6) is 0 Å². The first-order valence-electron chi connectivity index (χ1n) is 4.26. The number of ether oxygens (including phenoxy) is 1. The second-order valence-corrected chi connectivity index (χ2v) is 2.99. The monoisotopic (exact) mass is 190 g/mol. The number of benzene rings is 1. The Morgan fingerprint density at radius 1 is 1.57 bits per heavy atom. The van der Waals surface area contributed by atoms with Crippen molar-refractivity contribution in [1.29, 1.82) is 0 Å². The van der Waals surface area contributed by atoms with Crippen LogP contribution in [0.15, 0.2) is 24.5 Å². The lowest BCUT2D eigenvalue weighted by Gasteiger charge is -1.98. The number of imidazole rings is 1. The first kappa shape index (κ1) is 8.90. The smallest absolute Gasteiger partial charge is 0.188 e. The molecule has 0 aliphatic rings. The van der Waals surface area contributed by atoms with Crippen molar-refractivity contribution in [3.05, 3.63) is 30.1 Å². The summed E-state index contributed by atoms with van der Waals surface area (Å²) in [5.74, 6) is -0.0241. The number of nitrogens with one attached hydrogen (secondary N) is 1. The minimum Gasteiger partial charge on any atom is -0.377 e. The lowest BCUT2D eigenvalue weighted by atomic mass is 10.1. The van der Waals surface area contributed by atoms with Crippen LogP contribution in [-0.2, 0) is 4.74 Å². The zero-order valence-corrected chi connectivity index (χ0v) is 7.78. The van der Waals surface area contributed by atoms with Gasteiger partial charge in [0.05, 0.1) is 17.4 Å². The molecule has 4 heteroatoms. The van der Waals surface area contributed by atoms with E-state index in [1.807, 2.05) is 6.07 Å². The average Bonchev–Trinajstić information content (AvgIpc) is 2.64. The van der Waals surface area contributed by atoms with Gasteiger partial charge in [-0.05, 0) is 18.2 Å². The van der Waals surface area contributed by atoms with Gasteiger partial charge in [0.2, 0.25) is 0 Å². The van der Waals surface area contributed by atoms with E-state index in [1.54, 1.807) is 18.5 Å². The second kappa shape index (κ2) is 3.59. The highest BCUT2D eigenvalue weighted by Gasteiger charge is 2.06. The number of aromatic amines is 1. The number of methoxy groups -OCH3 is 1. The van der Waals surface area contributed by atoms with Crippen LogP contribution in [0.1, 0.15) is 10.4 Å². The van der Waals surface area contributed by atoms with Crippen molar-refractivity contribution in [3.8, 4) is 0 Å². The van der Waals surface area contributed by atoms with E-state index in [9.17, 15) is 4.79 Å². The first-order valence-corrected chi connectivity index (χ1v) is 4.26. The predicted octanol–water partition coefficient (Wildman–Crippen LogP) is 1.39. The summed E-state index contributed by atoms with van der Waals surface area (Å²) in [6.07, 6.45) is 1.61. The lowest BCUT2D eigenvalue weighted by molar-refractivity contribution is 0.0848. The van der Waals surface area contributed by atoms with Gasteiger partial charge in [-0.1, -0.05) is 0 Å². The number of ketones is 1. The topological polar surface area (TPSA) is 55.0 Å². The van der Waals surface area contributed by atoms with Crippen molar-refractivity contribution in [2.45, 2.75) is 0 Å². The summed E-state index contributed by atoms with van der Waals surface area (Å²) in [5.41, 5.74) is 2.37. The SMILES string of the molecule is COCC(=O)c1ccc2nc[nH]c2c1. The maximum absolute atomic E-state index is 11.5. The number of fused-ring (bicyclic) bond motifs is 1. The van der Waals surface area contributed by atoms with Crippen LogP contribution in [0.25, 0.3) is 11.0 Å². The van der Waals surface area contributed by atoms with Crippen molar-refractivity contribution >= 4 is 16.8 Å². The minimum atomic E-state index is -0.0241. The van der Waals surface area contributed by atoms with Crippen molar-refractivity contribution in [1.82, 2.24) is 9.97 Å². The average molecular weight is 190 g/mol. The zero-order valence-electron chi connectivity index (χ0n) is 7.78. The highest BCUT2D eigenvalue weighted by molar-refractivity contribution is 5.99. The van der Waals surface area contributed by atoms with Crippen molar-refractivity contribution < 1.29 is 9.53 Å². The van der Waals surface area contributed by atoms with E-state index >= 15 is 0 Å². The highest BCUT2D eigenvalue weighted by atomic mass is 16.5. The van der Waals surface area contributed by atoms with E-state index in [2.05, 4.69) is 9.97 Å². The van der Waals surface area contributed by atoms with Gasteiger partial charge >= 0.3 is 0 Å². The number of nitrogens with zero attached hydrogens (tertiary/aromatic N) is 1. The summed E-state index contributed by atoms with van der Waals surface area (Å²) in [5, 5.41) is 0. The van der Waals surface area contributed by atoms with Gasteiger partial charge in [-0.2, -0.15) is 0 Å². The molecule has 0 unspecified atom stereocenters. The summed E-state index contributed by atoms with van der Waals surface area (Å²) < 4.78 is 4.78. The fourth-order valence-corrected chi connectivity index (χ4v) is 1.32. The Morgan fingerprint density at radius 2 is 2.43 bits per heavy atom. The number of rotatable bonds is 3. The summed E-state index contributed by atoms with van der Waals surface area (Å²) >= 11 is 0. The molecule has 14 heavy (non-hydrogen) atoms. The minimum absolute atomic E-state index is 0.0241. The molecule has 0 aliphatic carbocycles. The molecule has 0 aliphatic heterocycles. The van der Waals surface area contributed by atoms with E-state index < -0.39 is 0 Å². The normalized spacial score (nSPS) is 10.6. The standard InChI is InChI=1S/C10H10N2O2/c1-14-5-10(13)7-2-3-8-9(4-7)12-6-11-8/h2-4,6H,5H2,1H3,(H,11,12). The maximum Gasteiger partial charge on any atom is 0.188 e. The molecule has 4 nitrogen and oxygen atoms in total. The Hall–Kier alpha value is -1.68. The third-order valence-electron chi connectivity index (χ3n) is 2.02. The number of Topliss-reactive ketones (excluding diaryl/α,β-unsaturated/α-hetero) is 1. The third-order valence-corrected chi connectivity index (χ3v) is 2.02. The Kier molecular flexibility index (Phi) is 2.28. The Labute approximate surface area is 80.9 Å². The van der Waals surface area contributed by atoms with Crippen LogP contribution >= 0.6 is 0 Å². The van der Waals surface area contributed by atoms with Crippen LogP contribution in [0, 0.1) is 0 Å². The number of hydrogen-bond donors (Lipinski definition) is 1. The summed E-state index contributed by atoms with van der Waals surface area (Å²) in [6.45, 7) is 0.111. The van der Waals surface area contributed by atoms with Crippen molar-refractivity contribution in [2.24, 2.45) is 0 Å². The molecule has 1 heterocycles. The summed E-state index contributed by atoms with van der Waals surface area (Å²) in [7, 11) is 1.51. The van der Waals surface area contributed by atoms with Gasteiger partial charge in [0.25, 0.3) is 0 Å². The second-order valence-electron chi connectivity index (χ2n) is 2.99. The van der Waals surface area contributed by atoms with Gasteiger partial charge in [0, 0.05) is 12.7 Å². The molecular weight excluding hydrogens is 180 g/mol. The number of carbonyl (C=O) groups is 1. The molecule has 1 aromatic heterocycles. The first-order chi connectivity index (χ1) is 6.81. The van der Waals surface area contributed by atoms with E-state index in [1.165, 1.54) is 7.11 Å². The molecule has 1 aromatic carbocycles. The molecule has 2 rings (SSSR count). The van der Waals surface area contributed by atoms with Crippen LogP contribution in [0.3, 0.4) is 0 Å². The summed E-state index contributed by atoms with van der Waals surface area (Å²) in [4.78, 5) is 18.5. The zero-order chi connectivity index (χ0) is 9.97. The highest BCUT2D eigenvalue weighted by Crippen LogP contribution is 2.11. The van der Waals surface area contributed by atoms with Crippen molar-refractivity contribution in [3.63, 3.8) is 0 Å². The number of H-pyrrole nitrogens is 1. The van der Waals surface area contributed by atoms with Crippen molar-refractivity contribution in [2.75, 3.05) is 13.7 Å². The van der Waals surface area contributed by atoms with E-state index in [4.69, 9.17) is 4.74 Å². The predicted molar refractivity (Wildman–Crippen MR) is 52.3 cm³/mol. The third kappa shape index (κ3) is 1.52. The van der Waals surface area contributed by atoms with Crippen LogP contribution in [0.2, 0.25) is 0 Å². The quantitative estimate of drug-likeness (QED) is 0.744. The Balaban J connectivity index is 2.38. The number of carbonyl (C=O) groups excluding carboxylic acids is 1. The van der Waals surface area contributed by atoms with Gasteiger partial charge in [0.15, 0.2) is 5.78 Å². The van der Waals surface area contributed by atoms with Crippen LogP contribution in [-0.4, -0.2) is 29.5 Å². The fourth-order valence-electron chi connectivity index (χ4n) is 1.32. The largest absolute Gasteiger partial charge is 0.377 e. The Bertz CT molecular complexity index is 462. The molecule has 2 aromatic rings. The molecule has 0 fully saturated rings. The molecule has 0 atom stereocenters. The molecule has 0 spiro atoms. The van der Waals surface area contributed by atoms with E-state index in [0.717, 1.165) is 11.0 Å². The molecule has 0 radical (unpaired) electrons. The van der Waals surface area contributed by atoms with E-state index in [-0.39, 0.29) is 12.4 Å². The number of aromatic nitrogens is 2.